The smallest absolute Gasteiger partial charge is 0.367 e. The molecule has 0 amide bonds. The topological polar surface area (TPSA) is 29.9 Å². The standard InChI is InChI=1S/C11H15BrF3N3/c1-3-6-5-7(4-2)18-10(16-6)8(12)9(17-18)11(13,14)15/h6-7,16H,3-5H2,1-2H3. The van der Waals surface area contributed by atoms with Crippen molar-refractivity contribution in [1.29, 1.82) is 0 Å². The highest BCUT2D eigenvalue weighted by atomic mass is 79.9. The molecule has 102 valence electrons. The van der Waals surface area contributed by atoms with Gasteiger partial charge in [0.2, 0.25) is 0 Å². The number of anilines is 1. The lowest BCUT2D eigenvalue weighted by atomic mass is 10.0. The normalized spacial score (nSPS) is 23.7. The van der Waals surface area contributed by atoms with Crippen LogP contribution in [0.5, 0.6) is 0 Å². The molecule has 0 radical (unpaired) electrons. The summed E-state index contributed by atoms with van der Waals surface area (Å²) < 4.78 is 39.9. The van der Waals surface area contributed by atoms with Crippen LogP contribution in [0.4, 0.5) is 19.0 Å². The zero-order valence-corrected chi connectivity index (χ0v) is 11.8. The SMILES string of the molecule is CCC1CC(CC)n2nc(C(F)(F)F)c(Br)c2N1. The second kappa shape index (κ2) is 4.75. The van der Waals surface area contributed by atoms with E-state index in [9.17, 15) is 13.2 Å². The van der Waals surface area contributed by atoms with Gasteiger partial charge in [0.15, 0.2) is 5.69 Å². The van der Waals surface area contributed by atoms with E-state index in [-0.39, 0.29) is 16.6 Å². The minimum Gasteiger partial charge on any atom is -0.367 e. The van der Waals surface area contributed by atoms with Crippen LogP contribution in [0.25, 0.3) is 0 Å². The molecule has 0 aromatic carbocycles. The lowest BCUT2D eigenvalue weighted by Crippen LogP contribution is -2.31. The summed E-state index contributed by atoms with van der Waals surface area (Å²) in [5.74, 6) is 0.451. The first-order valence-electron chi connectivity index (χ1n) is 6.00. The van der Waals surface area contributed by atoms with Crippen LogP contribution in [0.1, 0.15) is 44.8 Å². The number of nitrogens with one attached hydrogen (secondary N) is 1. The van der Waals surface area contributed by atoms with Crippen LogP contribution in [0, 0.1) is 0 Å². The third-order valence-corrected chi connectivity index (χ3v) is 4.08. The summed E-state index contributed by atoms with van der Waals surface area (Å²) in [6.07, 6.45) is -1.96. The van der Waals surface area contributed by atoms with E-state index in [1.54, 1.807) is 0 Å². The summed E-state index contributed by atoms with van der Waals surface area (Å²) in [4.78, 5) is 0. The molecular formula is C11H15BrF3N3. The van der Waals surface area contributed by atoms with Gasteiger partial charge >= 0.3 is 6.18 Å². The maximum absolute atomic E-state index is 12.8. The highest BCUT2D eigenvalue weighted by Gasteiger charge is 2.41. The largest absolute Gasteiger partial charge is 0.436 e. The minimum absolute atomic E-state index is 0.0200. The van der Waals surface area contributed by atoms with Crippen molar-refractivity contribution >= 4 is 21.7 Å². The van der Waals surface area contributed by atoms with Crippen molar-refractivity contribution in [2.24, 2.45) is 0 Å². The quantitative estimate of drug-likeness (QED) is 0.882. The molecule has 2 unspecified atom stereocenters. The highest BCUT2D eigenvalue weighted by molar-refractivity contribution is 9.10. The Labute approximate surface area is 112 Å². The second-order valence-corrected chi connectivity index (χ2v) is 5.29. The van der Waals surface area contributed by atoms with Crippen molar-refractivity contribution in [3.05, 3.63) is 10.2 Å². The van der Waals surface area contributed by atoms with Gasteiger partial charge in [-0.15, -0.1) is 0 Å². The Hall–Kier alpha value is -0.720. The fourth-order valence-electron chi connectivity index (χ4n) is 2.28. The van der Waals surface area contributed by atoms with E-state index in [0.717, 1.165) is 19.3 Å². The van der Waals surface area contributed by atoms with E-state index in [2.05, 4.69) is 26.3 Å². The molecule has 0 bridgehead atoms. The van der Waals surface area contributed by atoms with Crippen LogP contribution in [0.15, 0.2) is 4.47 Å². The molecule has 0 spiro atoms. The van der Waals surface area contributed by atoms with Crippen LogP contribution in [0.2, 0.25) is 0 Å². The van der Waals surface area contributed by atoms with Crippen LogP contribution in [-0.4, -0.2) is 15.8 Å². The average molecular weight is 326 g/mol. The summed E-state index contributed by atoms with van der Waals surface area (Å²) in [5.41, 5.74) is -0.847. The first kappa shape index (κ1) is 13.7. The second-order valence-electron chi connectivity index (χ2n) is 4.50. The number of aromatic nitrogens is 2. The molecule has 0 aliphatic carbocycles. The van der Waals surface area contributed by atoms with Gasteiger partial charge in [-0.2, -0.15) is 18.3 Å². The maximum Gasteiger partial charge on any atom is 0.436 e. The summed E-state index contributed by atoms with van der Waals surface area (Å²) in [5, 5.41) is 6.85. The molecule has 0 fully saturated rings. The van der Waals surface area contributed by atoms with Crippen molar-refractivity contribution in [2.75, 3.05) is 5.32 Å². The Kier molecular flexibility index (Phi) is 3.62. The lowest BCUT2D eigenvalue weighted by molar-refractivity contribution is -0.142. The fraction of sp³-hybridized carbons (Fsp3) is 0.727. The van der Waals surface area contributed by atoms with Gasteiger partial charge in [0.05, 0.1) is 10.5 Å². The lowest BCUT2D eigenvalue weighted by Gasteiger charge is -2.31. The van der Waals surface area contributed by atoms with Gasteiger partial charge in [0.25, 0.3) is 0 Å². The van der Waals surface area contributed by atoms with Gasteiger partial charge in [-0.05, 0) is 35.2 Å². The molecule has 18 heavy (non-hydrogen) atoms. The predicted octanol–water partition coefficient (Wildman–Crippen LogP) is 4.21. The summed E-state index contributed by atoms with van der Waals surface area (Å²) in [7, 11) is 0. The molecule has 1 N–H and O–H groups in total. The zero-order valence-electron chi connectivity index (χ0n) is 10.2. The molecule has 1 aromatic rings. The van der Waals surface area contributed by atoms with Crippen molar-refractivity contribution in [3.8, 4) is 0 Å². The van der Waals surface area contributed by atoms with E-state index >= 15 is 0 Å². The molecule has 2 atom stereocenters. The molecule has 0 saturated heterocycles. The number of alkyl halides is 3. The van der Waals surface area contributed by atoms with Crippen LogP contribution in [0.3, 0.4) is 0 Å². The number of hydrogen-bond donors (Lipinski definition) is 1. The molecule has 2 rings (SSSR count). The van der Waals surface area contributed by atoms with Crippen molar-refractivity contribution in [3.63, 3.8) is 0 Å². The number of hydrogen-bond acceptors (Lipinski definition) is 2. The molecular weight excluding hydrogens is 311 g/mol. The molecule has 7 heteroatoms. The van der Waals surface area contributed by atoms with Crippen molar-refractivity contribution < 1.29 is 13.2 Å². The summed E-state index contributed by atoms with van der Waals surface area (Å²) >= 11 is 3.02. The maximum atomic E-state index is 12.8. The molecule has 0 saturated carbocycles. The first-order chi connectivity index (χ1) is 8.38. The predicted molar refractivity (Wildman–Crippen MR) is 66.6 cm³/mol. The molecule has 2 heterocycles. The third-order valence-electron chi connectivity index (χ3n) is 3.33. The molecule has 1 aromatic heterocycles. The van der Waals surface area contributed by atoms with E-state index in [1.165, 1.54) is 4.68 Å². The highest BCUT2D eigenvalue weighted by Crippen LogP contribution is 2.42. The van der Waals surface area contributed by atoms with E-state index < -0.39 is 11.9 Å². The van der Waals surface area contributed by atoms with Gasteiger partial charge in [0.1, 0.15) is 5.82 Å². The van der Waals surface area contributed by atoms with Crippen molar-refractivity contribution in [2.45, 2.75) is 51.4 Å². The van der Waals surface area contributed by atoms with E-state index in [0.29, 0.717) is 5.82 Å². The van der Waals surface area contributed by atoms with Gasteiger partial charge < -0.3 is 5.32 Å². The van der Waals surface area contributed by atoms with Crippen LogP contribution >= 0.6 is 15.9 Å². The Morgan fingerprint density at radius 1 is 1.39 bits per heavy atom. The van der Waals surface area contributed by atoms with Gasteiger partial charge in [0, 0.05) is 6.04 Å². The third kappa shape index (κ3) is 2.24. The zero-order chi connectivity index (χ0) is 13.5. The average Bonchev–Trinajstić information content (AvgIpc) is 2.65. The van der Waals surface area contributed by atoms with Crippen LogP contribution < -0.4 is 5.32 Å². The summed E-state index contributed by atoms with van der Waals surface area (Å²) in [6.45, 7) is 3.99. The minimum atomic E-state index is -4.43. The fourth-order valence-corrected chi connectivity index (χ4v) is 2.88. The molecule has 3 nitrogen and oxygen atoms in total. The monoisotopic (exact) mass is 325 g/mol. The van der Waals surface area contributed by atoms with E-state index in [1.807, 2.05) is 13.8 Å². The molecule has 1 aliphatic heterocycles. The van der Waals surface area contributed by atoms with Gasteiger partial charge in [-0.25, -0.2) is 4.68 Å². The van der Waals surface area contributed by atoms with E-state index in [4.69, 9.17) is 0 Å². The Bertz CT molecular complexity index is 441. The Morgan fingerprint density at radius 2 is 2.06 bits per heavy atom. The Morgan fingerprint density at radius 3 is 2.56 bits per heavy atom. The number of nitrogens with zero attached hydrogens (tertiary/aromatic N) is 2. The Balaban J connectivity index is 2.47. The van der Waals surface area contributed by atoms with Crippen LogP contribution in [-0.2, 0) is 6.18 Å². The van der Waals surface area contributed by atoms with Gasteiger partial charge in [-0.1, -0.05) is 13.8 Å². The summed E-state index contributed by atoms with van der Waals surface area (Å²) in [6, 6.07) is 0.232. The molecule has 1 aliphatic rings. The van der Waals surface area contributed by atoms with Crippen molar-refractivity contribution in [1.82, 2.24) is 9.78 Å². The number of fused-ring (bicyclic) bond motifs is 1. The first-order valence-corrected chi connectivity index (χ1v) is 6.79. The number of rotatable bonds is 2. The van der Waals surface area contributed by atoms with Gasteiger partial charge in [-0.3, -0.25) is 0 Å². The number of halogens is 4.